The van der Waals surface area contributed by atoms with Gasteiger partial charge in [-0.25, -0.2) is 0 Å². The van der Waals surface area contributed by atoms with Crippen molar-refractivity contribution in [1.29, 1.82) is 0 Å². The molecule has 3 N–H and O–H groups in total. The molecule has 0 aromatic heterocycles. The van der Waals surface area contributed by atoms with E-state index in [1.807, 2.05) is 5.32 Å². The first-order valence-electron chi connectivity index (χ1n) is 4.64. The minimum Gasteiger partial charge on any atom is -0.492 e. The second-order valence-electron chi connectivity index (χ2n) is 3.01. The molecule has 0 saturated carbocycles. The van der Waals surface area contributed by atoms with Crippen LogP contribution in [0, 0.1) is 0 Å². The Labute approximate surface area is 91.4 Å². The van der Waals surface area contributed by atoms with Gasteiger partial charge < -0.3 is 15.8 Å². The standard InChI is InChI=1S/C10H12F2N2O2/c11-9(12)10(15)14-4-5-16-8-3-1-2-7(13)6-8/h1-3,6,9H,4-5,13H2,(H,14,15). The van der Waals surface area contributed by atoms with Crippen LogP contribution in [0.1, 0.15) is 0 Å². The summed E-state index contributed by atoms with van der Waals surface area (Å²) in [4.78, 5) is 10.5. The minimum absolute atomic E-state index is 0.0258. The van der Waals surface area contributed by atoms with Crippen molar-refractivity contribution in [1.82, 2.24) is 5.32 Å². The quantitative estimate of drug-likeness (QED) is 0.586. The number of nitrogen functional groups attached to an aromatic ring is 1. The summed E-state index contributed by atoms with van der Waals surface area (Å²) in [5, 5.41) is 2.02. The number of halogens is 2. The smallest absolute Gasteiger partial charge is 0.315 e. The van der Waals surface area contributed by atoms with Gasteiger partial charge in [0.2, 0.25) is 0 Å². The number of ether oxygens (including phenoxy) is 1. The molecule has 0 unspecified atom stereocenters. The maximum atomic E-state index is 11.8. The molecule has 0 atom stereocenters. The van der Waals surface area contributed by atoms with Crippen molar-refractivity contribution in [3.63, 3.8) is 0 Å². The summed E-state index contributed by atoms with van der Waals surface area (Å²) in [6, 6.07) is 6.70. The molecule has 0 aliphatic rings. The third kappa shape index (κ3) is 4.12. The highest BCUT2D eigenvalue weighted by molar-refractivity contribution is 5.78. The Hall–Kier alpha value is -1.85. The summed E-state index contributed by atoms with van der Waals surface area (Å²) in [5.74, 6) is -0.762. The first kappa shape index (κ1) is 12.2. The van der Waals surface area contributed by atoms with Gasteiger partial charge in [0.25, 0.3) is 5.91 Å². The summed E-state index contributed by atoms with van der Waals surface area (Å²) >= 11 is 0. The number of rotatable bonds is 5. The molecule has 1 aromatic carbocycles. The summed E-state index contributed by atoms with van der Waals surface area (Å²) in [6.07, 6.45) is -2.99. The Balaban J connectivity index is 2.23. The van der Waals surface area contributed by atoms with Gasteiger partial charge in [-0.2, -0.15) is 8.78 Å². The van der Waals surface area contributed by atoms with Crippen molar-refractivity contribution in [2.75, 3.05) is 18.9 Å². The van der Waals surface area contributed by atoms with E-state index in [9.17, 15) is 13.6 Å². The van der Waals surface area contributed by atoms with Crippen molar-refractivity contribution in [2.45, 2.75) is 6.43 Å². The maximum Gasteiger partial charge on any atom is 0.315 e. The molecule has 0 spiro atoms. The van der Waals surface area contributed by atoms with Gasteiger partial charge in [-0.05, 0) is 12.1 Å². The molecule has 0 aliphatic carbocycles. The number of anilines is 1. The Morgan fingerprint density at radius 1 is 1.50 bits per heavy atom. The van der Waals surface area contributed by atoms with Gasteiger partial charge in [0.1, 0.15) is 12.4 Å². The predicted molar refractivity (Wildman–Crippen MR) is 55.4 cm³/mol. The molecule has 88 valence electrons. The number of hydrogen-bond acceptors (Lipinski definition) is 3. The van der Waals surface area contributed by atoms with Crippen LogP contribution >= 0.6 is 0 Å². The summed E-state index contributed by atoms with van der Waals surface area (Å²) in [6.45, 7) is 0.139. The van der Waals surface area contributed by atoms with Crippen LogP contribution in [0.15, 0.2) is 24.3 Å². The summed E-state index contributed by atoms with van der Waals surface area (Å²) < 4.78 is 28.7. The van der Waals surface area contributed by atoms with Crippen molar-refractivity contribution in [3.05, 3.63) is 24.3 Å². The van der Waals surface area contributed by atoms with E-state index in [1.165, 1.54) is 0 Å². The predicted octanol–water partition coefficient (Wildman–Crippen LogP) is 1.03. The summed E-state index contributed by atoms with van der Waals surface area (Å²) in [5.41, 5.74) is 6.05. The fraction of sp³-hybridized carbons (Fsp3) is 0.300. The number of alkyl halides is 2. The van der Waals surface area contributed by atoms with Gasteiger partial charge >= 0.3 is 6.43 Å². The average molecular weight is 230 g/mol. The highest BCUT2D eigenvalue weighted by Gasteiger charge is 2.13. The molecule has 0 bridgehead atoms. The number of hydrogen-bond donors (Lipinski definition) is 2. The van der Waals surface area contributed by atoms with Gasteiger partial charge in [-0.1, -0.05) is 6.07 Å². The normalized spacial score (nSPS) is 10.2. The Bertz CT molecular complexity index is 358. The van der Waals surface area contributed by atoms with Crippen LogP contribution in [0.4, 0.5) is 14.5 Å². The molecular weight excluding hydrogens is 218 g/mol. The maximum absolute atomic E-state index is 11.8. The Morgan fingerprint density at radius 2 is 2.25 bits per heavy atom. The van der Waals surface area contributed by atoms with E-state index in [1.54, 1.807) is 24.3 Å². The lowest BCUT2D eigenvalue weighted by atomic mass is 10.3. The lowest BCUT2D eigenvalue weighted by molar-refractivity contribution is -0.131. The molecule has 0 heterocycles. The Kier molecular flexibility index (Phi) is 4.50. The molecule has 0 aliphatic heterocycles. The molecule has 1 aromatic rings. The zero-order chi connectivity index (χ0) is 12.0. The van der Waals surface area contributed by atoms with E-state index in [-0.39, 0.29) is 13.2 Å². The number of nitrogens with one attached hydrogen (secondary N) is 1. The van der Waals surface area contributed by atoms with Gasteiger partial charge in [0.05, 0.1) is 6.54 Å². The van der Waals surface area contributed by atoms with Gasteiger partial charge in [0, 0.05) is 11.8 Å². The second-order valence-corrected chi connectivity index (χ2v) is 3.01. The lowest BCUT2D eigenvalue weighted by Gasteiger charge is -2.07. The highest BCUT2D eigenvalue weighted by Crippen LogP contribution is 2.13. The summed E-state index contributed by atoms with van der Waals surface area (Å²) in [7, 11) is 0. The van der Waals surface area contributed by atoms with Gasteiger partial charge in [-0.3, -0.25) is 4.79 Å². The van der Waals surface area contributed by atoms with Crippen LogP contribution in [0.3, 0.4) is 0 Å². The van der Waals surface area contributed by atoms with E-state index in [0.29, 0.717) is 11.4 Å². The lowest BCUT2D eigenvalue weighted by Crippen LogP contribution is -2.32. The fourth-order valence-electron chi connectivity index (χ4n) is 1.02. The third-order valence-corrected chi connectivity index (χ3v) is 1.73. The van der Waals surface area contributed by atoms with E-state index >= 15 is 0 Å². The average Bonchev–Trinajstić information content (AvgIpc) is 2.24. The number of benzene rings is 1. The van der Waals surface area contributed by atoms with Crippen LogP contribution in [0.25, 0.3) is 0 Å². The van der Waals surface area contributed by atoms with Crippen LogP contribution in [-0.4, -0.2) is 25.5 Å². The minimum atomic E-state index is -2.99. The van der Waals surface area contributed by atoms with Crippen molar-refractivity contribution < 1.29 is 18.3 Å². The van der Waals surface area contributed by atoms with Crippen LogP contribution in [-0.2, 0) is 4.79 Å². The molecule has 1 amide bonds. The SMILES string of the molecule is Nc1cccc(OCCNC(=O)C(F)F)c1. The number of carbonyl (C=O) groups excluding carboxylic acids is 1. The van der Waals surface area contributed by atoms with Crippen molar-refractivity contribution in [3.8, 4) is 5.75 Å². The second kappa shape index (κ2) is 5.89. The van der Waals surface area contributed by atoms with Gasteiger partial charge in [-0.15, -0.1) is 0 Å². The molecule has 0 fully saturated rings. The zero-order valence-electron chi connectivity index (χ0n) is 8.45. The molecule has 1 rings (SSSR count). The monoisotopic (exact) mass is 230 g/mol. The number of amides is 1. The van der Waals surface area contributed by atoms with Crippen LogP contribution in [0.2, 0.25) is 0 Å². The van der Waals surface area contributed by atoms with E-state index in [0.717, 1.165) is 0 Å². The first-order chi connectivity index (χ1) is 7.59. The van der Waals surface area contributed by atoms with Crippen LogP contribution in [0.5, 0.6) is 5.75 Å². The van der Waals surface area contributed by atoms with Crippen LogP contribution < -0.4 is 15.8 Å². The van der Waals surface area contributed by atoms with E-state index < -0.39 is 12.3 Å². The molecule has 4 nitrogen and oxygen atoms in total. The van der Waals surface area contributed by atoms with Gasteiger partial charge in [0.15, 0.2) is 0 Å². The zero-order valence-corrected chi connectivity index (χ0v) is 8.45. The van der Waals surface area contributed by atoms with Crippen molar-refractivity contribution in [2.24, 2.45) is 0 Å². The van der Waals surface area contributed by atoms with E-state index in [4.69, 9.17) is 10.5 Å². The molecular formula is C10H12F2N2O2. The number of nitrogens with two attached hydrogens (primary N) is 1. The highest BCUT2D eigenvalue weighted by atomic mass is 19.3. The first-order valence-corrected chi connectivity index (χ1v) is 4.64. The Morgan fingerprint density at radius 3 is 2.88 bits per heavy atom. The largest absolute Gasteiger partial charge is 0.492 e. The molecule has 0 saturated heterocycles. The fourth-order valence-corrected chi connectivity index (χ4v) is 1.02. The number of carbonyl (C=O) groups is 1. The van der Waals surface area contributed by atoms with Crippen molar-refractivity contribution >= 4 is 11.6 Å². The molecule has 0 radical (unpaired) electrons. The van der Waals surface area contributed by atoms with E-state index in [2.05, 4.69) is 0 Å². The third-order valence-electron chi connectivity index (χ3n) is 1.73. The molecule has 6 heteroatoms. The topological polar surface area (TPSA) is 64.3 Å². The molecule has 16 heavy (non-hydrogen) atoms.